The summed E-state index contributed by atoms with van der Waals surface area (Å²) in [6.45, 7) is 4.75. The fraction of sp³-hybridized carbons (Fsp3) is 0.263. The summed E-state index contributed by atoms with van der Waals surface area (Å²) >= 11 is 0. The third-order valence-corrected chi connectivity index (χ3v) is 4.62. The Kier molecular flexibility index (Phi) is 3.58. The lowest BCUT2D eigenvalue weighted by atomic mass is 10.00. The zero-order valence-corrected chi connectivity index (χ0v) is 13.9. The molecule has 0 saturated heterocycles. The van der Waals surface area contributed by atoms with Crippen molar-refractivity contribution in [2.24, 2.45) is 0 Å². The van der Waals surface area contributed by atoms with E-state index >= 15 is 0 Å². The van der Waals surface area contributed by atoms with Gasteiger partial charge < -0.3 is 5.32 Å². The van der Waals surface area contributed by atoms with E-state index in [1.54, 1.807) is 0 Å². The predicted octanol–water partition coefficient (Wildman–Crippen LogP) is 3.04. The number of amides is 1. The predicted molar refractivity (Wildman–Crippen MR) is 95.2 cm³/mol. The number of aryl methyl sites for hydroxylation is 1. The number of carbonyl (C=O) groups excluding carboxylic acids is 1. The summed E-state index contributed by atoms with van der Waals surface area (Å²) in [5, 5.41) is 9.54. The Bertz CT molecular complexity index is 928. The van der Waals surface area contributed by atoms with Crippen molar-refractivity contribution in [3.05, 3.63) is 59.3 Å². The number of hydrogen-bond acceptors (Lipinski definition) is 3. The van der Waals surface area contributed by atoms with Crippen LogP contribution in [0.1, 0.15) is 21.6 Å². The number of aromatic nitrogens is 2. The summed E-state index contributed by atoms with van der Waals surface area (Å²) in [5.74, 6) is 0.505. The summed E-state index contributed by atoms with van der Waals surface area (Å²) in [6.07, 6.45) is 0. The van der Waals surface area contributed by atoms with Crippen molar-refractivity contribution in [1.29, 1.82) is 0 Å². The van der Waals surface area contributed by atoms with E-state index in [9.17, 15) is 4.79 Å². The number of anilines is 1. The molecule has 1 N–H and O–H groups in total. The first-order valence-electron chi connectivity index (χ1n) is 8.17. The highest BCUT2D eigenvalue weighted by molar-refractivity contribution is 6.13. The molecule has 2 heterocycles. The molecule has 0 saturated carbocycles. The molecule has 1 aliphatic rings. The van der Waals surface area contributed by atoms with Crippen molar-refractivity contribution in [3.63, 3.8) is 0 Å². The zero-order valence-electron chi connectivity index (χ0n) is 13.9. The molecule has 3 aromatic rings. The van der Waals surface area contributed by atoms with E-state index in [1.165, 1.54) is 5.56 Å². The van der Waals surface area contributed by atoms with E-state index in [1.807, 2.05) is 47.1 Å². The number of nitrogens with one attached hydrogen (secondary N) is 1. The van der Waals surface area contributed by atoms with Crippen molar-refractivity contribution in [3.8, 4) is 0 Å². The number of rotatable bonds is 2. The molecule has 122 valence electrons. The third kappa shape index (κ3) is 2.57. The van der Waals surface area contributed by atoms with Crippen LogP contribution in [-0.2, 0) is 13.1 Å². The maximum absolute atomic E-state index is 12.7. The van der Waals surface area contributed by atoms with Crippen LogP contribution < -0.4 is 5.32 Å². The molecule has 0 unspecified atom stereocenters. The minimum absolute atomic E-state index is 0.116. The largest absolute Gasteiger partial charge is 0.305 e. The van der Waals surface area contributed by atoms with Crippen molar-refractivity contribution in [2.75, 3.05) is 18.9 Å². The van der Waals surface area contributed by atoms with Gasteiger partial charge in [-0.15, -0.1) is 0 Å². The topological polar surface area (TPSA) is 50.2 Å². The number of hydrogen-bond donors (Lipinski definition) is 1. The lowest BCUT2D eigenvalue weighted by Gasteiger charge is -2.22. The van der Waals surface area contributed by atoms with Crippen LogP contribution in [0.5, 0.6) is 0 Å². The first-order valence-corrected chi connectivity index (χ1v) is 8.17. The minimum Gasteiger partial charge on any atom is -0.305 e. The minimum atomic E-state index is -0.116. The van der Waals surface area contributed by atoms with Gasteiger partial charge in [-0.05, 0) is 36.4 Å². The summed E-state index contributed by atoms with van der Waals surface area (Å²) in [6, 6.07) is 13.8. The third-order valence-electron chi connectivity index (χ3n) is 4.62. The fourth-order valence-corrected chi connectivity index (χ4v) is 3.29. The van der Waals surface area contributed by atoms with Crippen LogP contribution in [0.2, 0.25) is 0 Å². The fourth-order valence-electron chi connectivity index (χ4n) is 3.29. The van der Waals surface area contributed by atoms with Gasteiger partial charge in [0.25, 0.3) is 5.91 Å². The molecule has 0 radical (unpaired) electrons. The standard InChI is InChI=1S/C19H20N4O/c1-13-7-8-17(16-6-4-3-5-15(13)16)19(24)20-18-11-14-12-22(2)9-10-23(14)21-18/h3-8,11H,9-10,12H2,1-2H3,(H,20,21,24). The molecule has 1 amide bonds. The van der Waals surface area contributed by atoms with E-state index in [0.29, 0.717) is 11.4 Å². The second kappa shape index (κ2) is 5.76. The molecule has 0 fully saturated rings. The summed E-state index contributed by atoms with van der Waals surface area (Å²) < 4.78 is 1.98. The van der Waals surface area contributed by atoms with Gasteiger partial charge in [-0.2, -0.15) is 5.10 Å². The van der Waals surface area contributed by atoms with Crippen LogP contribution >= 0.6 is 0 Å². The Balaban J connectivity index is 1.65. The van der Waals surface area contributed by atoms with Crippen molar-refractivity contribution < 1.29 is 4.79 Å². The van der Waals surface area contributed by atoms with E-state index in [2.05, 4.69) is 29.3 Å². The van der Waals surface area contributed by atoms with Crippen LogP contribution in [0, 0.1) is 6.92 Å². The maximum Gasteiger partial charge on any atom is 0.257 e. The SMILES string of the molecule is Cc1ccc(C(=O)Nc2cc3n(n2)CCN(C)C3)c2ccccc12. The van der Waals surface area contributed by atoms with Gasteiger partial charge in [-0.25, -0.2) is 0 Å². The lowest BCUT2D eigenvalue weighted by molar-refractivity contribution is 0.102. The smallest absolute Gasteiger partial charge is 0.257 e. The molecule has 5 nitrogen and oxygen atoms in total. The Morgan fingerprint density at radius 2 is 1.92 bits per heavy atom. The van der Waals surface area contributed by atoms with Gasteiger partial charge in [0.2, 0.25) is 0 Å². The molecule has 0 atom stereocenters. The summed E-state index contributed by atoms with van der Waals surface area (Å²) in [7, 11) is 2.09. The zero-order chi connectivity index (χ0) is 16.7. The molecule has 4 rings (SSSR count). The molecular weight excluding hydrogens is 300 g/mol. The molecule has 2 aromatic carbocycles. The highest BCUT2D eigenvalue weighted by Gasteiger charge is 2.18. The average Bonchev–Trinajstić information content (AvgIpc) is 2.96. The number of likely N-dealkylation sites (N-methyl/N-ethyl adjacent to an activating group) is 1. The monoisotopic (exact) mass is 320 g/mol. The Morgan fingerprint density at radius 1 is 1.12 bits per heavy atom. The molecule has 5 heteroatoms. The average molecular weight is 320 g/mol. The highest BCUT2D eigenvalue weighted by Crippen LogP contribution is 2.23. The summed E-state index contributed by atoms with van der Waals surface area (Å²) in [4.78, 5) is 15.0. The van der Waals surface area contributed by atoms with Crippen LogP contribution in [0.25, 0.3) is 10.8 Å². The van der Waals surface area contributed by atoms with Gasteiger partial charge >= 0.3 is 0 Å². The molecule has 0 bridgehead atoms. The molecular formula is C19H20N4O. The molecule has 1 aromatic heterocycles. The van der Waals surface area contributed by atoms with Crippen LogP contribution in [0.4, 0.5) is 5.82 Å². The Morgan fingerprint density at radius 3 is 2.75 bits per heavy atom. The maximum atomic E-state index is 12.7. The number of carbonyl (C=O) groups is 1. The first kappa shape index (κ1) is 14.9. The number of fused-ring (bicyclic) bond motifs is 2. The van der Waals surface area contributed by atoms with Gasteiger partial charge in [-0.1, -0.05) is 30.3 Å². The van der Waals surface area contributed by atoms with E-state index in [-0.39, 0.29) is 5.91 Å². The molecule has 24 heavy (non-hydrogen) atoms. The normalized spacial score (nSPS) is 14.6. The highest BCUT2D eigenvalue weighted by atomic mass is 16.1. The second-order valence-electron chi connectivity index (χ2n) is 6.41. The van der Waals surface area contributed by atoms with E-state index in [4.69, 9.17) is 0 Å². The number of nitrogens with zero attached hydrogens (tertiary/aromatic N) is 3. The molecule has 0 spiro atoms. The van der Waals surface area contributed by atoms with Gasteiger partial charge in [-0.3, -0.25) is 14.4 Å². The second-order valence-corrected chi connectivity index (χ2v) is 6.41. The van der Waals surface area contributed by atoms with Crippen molar-refractivity contribution >= 4 is 22.5 Å². The number of benzene rings is 2. The van der Waals surface area contributed by atoms with E-state index in [0.717, 1.165) is 36.1 Å². The molecule has 1 aliphatic heterocycles. The van der Waals surface area contributed by atoms with Gasteiger partial charge in [0, 0.05) is 24.7 Å². The van der Waals surface area contributed by atoms with Crippen LogP contribution in [0.3, 0.4) is 0 Å². The van der Waals surface area contributed by atoms with Gasteiger partial charge in [0.05, 0.1) is 12.2 Å². The molecule has 0 aliphatic carbocycles. The van der Waals surface area contributed by atoms with Crippen molar-refractivity contribution in [1.82, 2.24) is 14.7 Å². The summed E-state index contributed by atoms with van der Waals surface area (Å²) in [5.41, 5.74) is 2.98. The quantitative estimate of drug-likeness (QED) is 0.789. The van der Waals surface area contributed by atoms with Crippen LogP contribution in [-0.4, -0.2) is 34.2 Å². The van der Waals surface area contributed by atoms with E-state index < -0.39 is 0 Å². The van der Waals surface area contributed by atoms with Gasteiger partial charge in [0.15, 0.2) is 5.82 Å². The van der Waals surface area contributed by atoms with Crippen LogP contribution in [0.15, 0.2) is 42.5 Å². The first-order chi connectivity index (χ1) is 11.6. The Labute approximate surface area is 140 Å². The Hall–Kier alpha value is -2.66. The lowest BCUT2D eigenvalue weighted by Crippen LogP contribution is -2.30. The van der Waals surface area contributed by atoms with Gasteiger partial charge in [0.1, 0.15) is 0 Å². The van der Waals surface area contributed by atoms with Crippen molar-refractivity contribution in [2.45, 2.75) is 20.0 Å².